The van der Waals surface area contributed by atoms with Crippen LogP contribution in [0.3, 0.4) is 0 Å². The number of benzene rings is 3. The van der Waals surface area contributed by atoms with Gasteiger partial charge in [0.15, 0.2) is 0 Å². The van der Waals surface area contributed by atoms with Crippen molar-refractivity contribution in [3.8, 4) is 0 Å². The van der Waals surface area contributed by atoms with Crippen LogP contribution in [0, 0.1) is 5.82 Å². The fraction of sp³-hybridized carbons (Fsp3) is 0.286. The second-order valence-corrected chi connectivity index (χ2v) is 9.93. The fourth-order valence-electron chi connectivity index (χ4n) is 4.66. The summed E-state index contributed by atoms with van der Waals surface area (Å²) in [6.45, 7) is 3.36. The molecule has 0 unspecified atom stereocenters. The molecule has 2 amide bonds. The lowest BCUT2D eigenvalue weighted by atomic mass is 10.1. The molecule has 0 radical (unpaired) electrons. The van der Waals surface area contributed by atoms with Crippen LogP contribution in [-0.2, 0) is 11.2 Å². The zero-order chi connectivity index (χ0) is 24.2. The Morgan fingerprint density at radius 3 is 2.26 bits per heavy atom. The minimum Gasteiger partial charge on any atom is -0.368 e. The largest absolute Gasteiger partial charge is 0.368 e. The van der Waals surface area contributed by atoms with Gasteiger partial charge in [-0.2, -0.15) is 0 Å². The zero-order valence-electron chi connectivity index (χ0n) is 19.5. The molecule has 0 saturated carbocycles. The van der Waals surface area contributed by atoms with Gasteiger partial charge in [-0.1, -0.05) is 42.5 Å². The molecule has 0 bridgehead atoms. The first-order chi connectivity index (χ1) is 17.1. The predicted molar refractivity (Wildman–Crippen MR) is 138 cm³/mol. The molecule has 5 nitrogen and oxygen atoms in total. The minimum atomic E-state index is -0.245. The highest BCUT2D eigenvalue weighted by molar-refractivity contribution is 8.00. The molecule has 3 aromatic carbocycles. The standard InChI is InChI=1S/C28H28FN3O2S/c29-24-10-12-25(13-11-24)30-16-18-31(19-17-30)27(34)22-6-8-23(9-7-22)28-32(26(33)20-35-28)15-14-21-4-2-1-3-5-21/h1-13,28H,14-20H2/t28-/m0/s1. The van der Waals surface area contributed by atoms with E-state index in [0.29, 0.717) is 44.0 Å². The van der Waals surface area contributed by atoms with Gasteiger partial charge in [-0.3, -0.25) is 9.59 Å². The molecule has 1 atom stereocenters. The van der Waals surface area contributed by atoms with Crippen LogP contribution in [0.5, 0.6) is 0 Å². The molecule has 0 aromatic heterocycles. The van der Waals surface area contributed by atoms with Gasteiger partial charge >= 0.3 is 0 Å². The number of thioether (sulfide) groups is 1. The Morgan fingerprint density at radius 2 is 1.57 bits per heavy atom. The molecule has 2 saturated heterocycles. The lowest BCUT2D eigenvalue weighted by molar-refractivity contribution is -0.128. The quantitative estimate of drug-likeness (QED) is 0.508. The summed E-state index contributed by atoms with van der Waals surface area (Å²) in [6.07, 6.45) is 0.824. The third kappa shape index (κ3) is 5.35. The summed E-state index contributed by atoms with van der Waals surface area (Å²) in [5, 5.41) is -0.0189. The van der Waals surface area contributed by atoms with Crippen molar-refractivity contribution in [2.45, 2.75) is 11.8 Å². The third-order valence-corrected chi connectivity index (χ3v) is 7.91. The Hall–Kier alpha value is -3.32. The van der Waals surface area contributed by atoms with Crippen molar-refractivity contribution in [3.05, 3.63) is 101 Å². The number of rotatable bonds is 6. The van der Waals surface area contributed by atoms with Crippen molar-refractivity contribution in [3.63, 3.8) is 0 Å². The summed E-state index contributed by atoms with van der Waals surface area (Å²) in [5.41, 5.74) is 3.90. The molecule has 2 fully saturated rings. The van der Waals surface area contributed by atoms with Crippen LogP contribution < -0.4 is 4.90 Å². The van der Waals surface area contributed by atoms with E-state index < -0.39 is 0 Å². The number of carbonyl (C=O) groups is 2. The van der Waals surface area contributed by atoms with Crippen LogP contribution in [-0.4, -0.2) is 60.1 Å². The van der Waals surface area contributed by atoms with E-state index in [4.69, 9.17) is 0 Å². The Morgan fingerprint density at radius 1 is 0.886 bits per heavy atom. The molecule has 7 heteroatoms. The highest BCUT2D eigenvalue weighted by atomic mass is 32.2. The Balaban J connectivity index is 1.19. The number of amides is 2. The average Bonchev–Trinajstić information content (AvgIpc) is 3.28. The number of halogens is 1. The van der Waals surface area contributed by atoms with E-state index in [1.165, 1.54) is 17.7 Å². The van der Waals surface area contributed by atoms with Gasteiger partial charge in [0.05, 0.1) is 5.75 Å². The topological polar surface area (TPSA) is 43.9 Å². The molecule has 2 aliphatic heterocycles. The van der Waals surface area contributed by atoms with Crippen molar-refractivity contribution in [2.75, 3.05) is 43.4 Å². The van der Waals surface area contributed by atoms with Crippen LogP contribution in [0.1, 0.15) is 26.9 Å². The number of hydrogen-bond donors (Lipinski definition) is 0. The van der Waals surface area contributed by atoms with Gasteiger partial charge in [-0.05, 0) is 53.9 Å². The molecule has 3 aromatic rings. The van der Waals surface area contributed by atoms with E-state index in [1.807, 2.05) is 52.3 Å². The molecule has 2 aliphatic rings. The summed E-state index contributed by atoms with van der Waals surface area (Å²) in [5.74, 6) is 0.422. The van der Waals surface area contributed by atoms with E-state index in [9.17, 15) is 14.0 Å². The van der Waals surface area contributed by atoms with Crippen LogP contribution in [0.25, 0.3) is 0 Å². The van der Waals surface area contributed by atoms with E-state index in [2.05, 4.69) is 17.0 Å². The van der Waals surface area contributed by atoms with Crippen molar-refractivity contribution < 1.29 is 14.0 Å². The summed E-state index contributed by atoms with van der Waals surface area (Å²) in [4.78, 5) is 31.6. The number of anilines is 1. The van der Waals surface area contributed by atoms with Crippen LogP contribution in [0.4, 0.5) is 10.1 Å². The van der Waals surface area contributed by atoms with Gasteiger partial charge in [0.2, 0.25) is 5.91 Å². The third-order valence-electron chi connectivity index (χ3n) is 6.65. The van der Waals surface area contributed by atoms with Crippen molar-refractivity contribution in [1.82, 2.24) is 9.80 Å². The van der Waals surface area contributed by atoms with Gasteiger partial charge in [0, 0.05) is 44.0 Å². The van der Waals surface area contributed by atoms with Gasteiger partial charge in [0.25, 0.3) is 5.91 Å². The maximum Gasteiger partial charge on any atom is 0.253 e. The second-order valence-electron chi connectivity index (χ2n) is 8.86. The minimum absolute atomic E-state index is 0.0189. The SMILES string of the molecule is O=C(c1ccc([C@@H]2SCC(=O)N2CCc2ccccc2)cc1)N1CCN(c2ccc(F)cc2)CC1. The molecule has 5 rings (SSSR count). The van der Waals surface area contributed by atoms with Gasteiger partial charge in [-0.25, -0.2) is 4.39 Å². The maximum atomic E-state index is 13.2. The Kier molecular flexibility index (Phi) is 7.04. The molecule has 180 valence electrons. The van der Waals surface area contributed by atoms with Crippen molar-refractivity contribution in [1.29, 1.82) is 0 Å². The molecule has 0 spiro atoms. The van der Waals surface area contributed by atoms with Crippen molar-refractivity contribution >= 4 is 29.3 Å². The summed E-state index contributed by atoms with van der Waals surface area (Å²) in [7, 11) is 0. The van der Waals surface area contributed by atoms with E-state index in [1.54, 1.807) is 23.9 Å². The van der Waals surface area contributed by atoms with E-state index in [-0.39, 0.29) is 23.0 Å². The lowest BCUT2D eigenvalue weighted by Gasteiger charge is -2.36. The van der Waals surface area contributed by atoms with Crippen LogP contribution in [0.2, 0.25) is 0 Å². The molecule has 0 N–H and O–H groups in total. The molecule has 2 heterocycles. The molecular weight excluding hydrogens is 461 g/mol. The van der Waals surface area contributed by atoms with Crippen LogP contribution in [0.15, 0.2) is 78.9 Å². The predicted octanol–water partition coefficient (Wildman–Crippen LogP) is 4.60. The Bertz CT molecular complexity index is 1160. The first-order valence-corrected chi connectivity index (χ1v) is 13.0. The zero-order valence-corrected chi connectivity index (χ0v) is 20.3. The molecule has 35 heavy (non-hydrogen) atoms. The van der Waals surface area contributed by atoms with Crippen LogP contribution >= 0.6 is 11.8 Å². The van der Waals surface area contributed by atoms with Gasteiger partial charge < -0.3 is 14.7 Å². The summed E-state index contributed by atoms with van der Waals surface area (Å²) < 4.78 is 13.2. The van der Waals surface area contributed by atoms with Gasteiger partial charge in [-0.15, -0.1) is 11.8 Å². The molecular formula is C28H28FN3O2S. The summed E-state index contributed by atoms with van der Waals surface area (Å²) >= 11 is 1.64. The second kappa shape index (κ2) is 10.5. The normalized spacial score (nSPS) is 18.3. The molecule has 0 aliphatic carbocycles. The summed E-state index contributed by atoms with van der Waals surface area (Å²) in [6, 6.07) is 24.4. The van der Waals surface area contributed by atoms with Gasteiger partial charge in [0.1, 0.15) is 11.2 Å². The highest BCUT2D eigenvalue weighted by Gasteiger charge is 2.32. The lowest BCUT2D eigenvalue weighted by Crippen LogP contribution is -2.48. The highest BCUT2D eigenvalue weighted by Crippen LogP contribution is 2.38. The van der Waals surface area contributed by atoms with E-state index >= 15 is 0 Å². The van der Waals surface area contributed by atoms with E-state index in [0.717, 1.165) is 17.7 Å². The number of nitrogens with zero attached hydrogens (tertiary/aromatic N) is 3. The average molecular weight is 490 g/mol. The maximum absolute atomic E-state index is 13.2. The fourth-order valence-corrected chi connectivity index (χ4v) is 5.88. The number of hydrogen-bond acceptors (Lipinski definition) is 4. The Labute approximate surface area is 209 Å². The monoisotopic (exact) mass is 489 g/mol. The first-order valence-electron chi connectivity index (χ1n) is 11.9. The van der Waals surface area contributed by atoms with Crippen molar-refractivity contribution in [2.24, 2.45) is 0 Å². The number of carbonyl (C=O) groups excluding carboxylic acids is 2. The smallest absolute Gasteiger partial charge is 0.253 e. The first kappa shape index (κ1) is 23.4. The number of piperazine rings is 1.